The maximum absolute atomic E-state index is 15.7. The molecule has 8 nitrogen and oxygen atoms in total. The highest BCUT2D eigenvalue weighted by atomic mass is 19.3. The van der Waals surface area contributed by atoms with Gasteiger partial charge in [0.25, 0.3) is 5.92 Å². The van der Waals surface area contributed by atoms with Crippen LogP contribution in [0, 0.1) is 23.2 Å². The zero-order valence-corrected chi connectivity index (χ0v) is 24.4. The zero-order valence-electron chi connectivity index (χ0n) is 24.4. The van der Waals surface area contributed by atoms with Crippen LogP contribution >= 0.6 is 0 Å². The van der Waals surface area contributed by atoms with Gasteiger partial charge in [0.15, 0.2) is 5.69 Å². The minimum absolute atomic E-state index is 0.00958. The summed E-state index contributed by atoms with van der Waals surface area (Å²) < 4.78 is 43.5. The highest BCUT2D eigenvalue weighted by molar-refractivity contribution is 5.87. The number of rotatable bonds is 1. The number of benzene rings is 1. The van der Waals surface area contributed by atoms with Crippen LogP contribution < -0.4 is 4.74 Å². The molecule has 2 bridgehead atoms. The van der Waals surface area contributed by atoms with Crippen molar-refractivity contribution >= 4 is 29.2 Å². The van der Waals surface area contributed by atoms with Crippen molar-refractivity contribution in [2.45, 2.75) is 96.8 Å². The number of aromatic nitrogens is 2. The molecule has 1 amide bonds. The Kier molecular flexibility index (Phi) is 7.57. The number of carbonyl (C=O) groups is 3. The van der Waals surface area contributed by atoms with E-state index < -0.39 is 59.0 Å². The van der Waals surface area contributed by atoms with Crippen molar-refractivity contribution in [2.24, 2.45) is 23.2 Å². The third kappa shape index (κ3) is 5.79. The van der Waals surface area contributed by atoms with Crippen molar-refractivity contribution in [1.29, 1.82) is 0 Å². The average molecular weight is 572 g/mol. The summed E-state index contributed by atoms with van der Waals surface area (Å²) in [7, 11) is 0. The predicted octanol–water partition coefficient (Wildman–Crippen LogP) is 5.46. The van der Waals surface area contributed by atoms with Gasteiger partial charge >= 0.3 is 5.97 Å². The first-order valence-corrected chi connectivity index (χ1v) is 14.5. The van der Waals surface area contributed by atoms with Gasteiger partial charge in [-0.05, 0) is 43.7 Å². The number of carbonyl (C=O) groups excluding carboxylic acids is 3. The van der Waals surface area contributed by atoms with Crippen LogP contribution in [0.25, 0.3) is 11.0 Å². The first-order chi connectivity index (χ1) is 19.2. The number of amides is 1. The Morgan fingerprint density at radius 1 is 1.10 bits per heavy atom. The number of para-hydroxylation sites is 2. The second kappa shape index (κ2) is 10.6. The van der Waals surface area contributed by atoms with Gasteiger partial charge in [-0.3, -0.25) is 9.59 Å². The smallest absolute Gasteiger partial charge is 0.307 e. The Morgan fingerprint density at radius 2 is 1.78 bits per heavy atom. The molecule has 0 radical (unpaired) electrons. The number of ether oxygens (including phenoxy) is 2. The zero-order chi connectivity index (χ0) is 29.7. The van der Waals surface area contributed by atoms with Gasteiger partial charge in [0.2, 0.25) is 11.8 Å². The largest absolute Gasteiger partial charge is 0.471 e. The lowest BCUT2D eigenvalue weighted by atomic mass is 9.77. The molecule has 6 atom stereocenters. The molecule has 222 valence electrons. The summed E-state index contributed by atoms with van der Waals surface area (Å²) in [5.41, 5.74) is -1.04. The van der Waals surface area contributed by atoms with Crippen LogP contribution in [0.5, 0.6) is 5.88 Å². The number of nitrogens with zero attached hydrogens (tertiary/aromatic N) is 3. The second-order valence-corrected chi connectivity index (χ2v) is 13.3. The summed E-state index contributed by atoms with van der Waals surface area (Å²) in [4.78, 5) is 49.4. The van der Waals surface area contributed by atoms with Crippen molar-refractivity contribution in [2.75, 3.05) is 6.54 Å². The fourth-order valence-electron chi connectivity index (χ4n) is 6.26. The molecule has 3 heterocycles. The van der Waals surface area contributed by atoms with Crippen LogP contribution in [0.3, 0.4) is 0 Å². The molecule has 1 aliphatic carbocycles. The topological polar surface area (TPSA) is 98.7 Å². The van der Waals surface area contributed by atoms with Crippen molar-refractivity contribution in [1.82, 2.24) is 14.9 Å². The number of alkyl halides is 2. The van der Waals surface area contributed by atoms with E-state index in [2.05, 4.69) is 9.97 Å². The normalized spacial score (nSPS) is 32.7. The fraction of sp³-hybridized carbons (Fsp3) is 0.645. The Bertz CT molecular complexity index is 1340. The molecule has 2 aliphatic heterocycles. The van der Waals surface area contributed by atoms with Gasteiger partial charge in [-0.15, -0.1) is 0 Å². The predicted molar refractivity (Wildman–Crippen MR) is 147 cm³/mol. The molecule has 10 heteroatoms. The second-order valence-electron chi connectivity index (χ2n) is 13.3. The molecule has 1 aromatic carbocycles. The lowest BCUT2D eigenvalue weighted by molar-refractivity contribution is -0.158. The van der Waals surface area contributed by atoms with E-state index in [0.29, 0.717) is 36.6 Å². The van der Waals surface area contributed by atoms with E-state index in [1.54, 1.807) is 31.2 Å². The van der Waals surface area contributed by atoms with E-state index in [-0.39, 0.29) is 37.1 Å². The van der Waals surface area contributed by atoms with Crippen LogP contribution in [0.2, 0.25) is 0 Å². The first kappa shape index (κ1) is 29.3. The van der Waals surface area contributed by atoms with Gasteiger partial charge in [-0.25, -0.2) is 9.97 Å². The Labute approximate surface area is 239 Å². The van der Waals surface area contributed by atoms with E-state index in [0.717, 1.165) is 0 Å². The number of fused-ring (bicyclic) bond motifs is 5. The van der Waals surface area contributed by atoms with Gasteiger partial charge in [-0.1, -0.05) is 46.2 Å². The molecule has 3 aliphatic rings. The van der Waals surface area contributed by atoms with Crippen LogP contribution in [-0.2, 0) is 25.0 Å². The van der Waals surface area contributed by atoms with Gasteiger partial charge in [0, 0.05) is 18.3 Å². The molecule has 41 heavy (non-hydrogen) atoms. The van der Waals surface area contributed by atoms with E-state index in [9.17, 15) is 14.4 Å². The minimum atomic E-state index is -3.31. The third-order valence-corrected chi connectivity index (χ3v) is 9.14. The molecule has 2 aromatic rings. The summed E-state index contributed by atoms with van der Waals surface area (Å²) in [5, 5.41) is 0. The molecule has 2 fully saturated rings. The number of hydrogen-bond donors (Lipinski definition) is 0. The fourth-order valence-corrected chi connectivity index (χ4v) is 6.26. The van der Waals surface area contributed by atoms with E-state index >= 15 is 8.78 Å². The average Bonchev–Trinajstić information content (AvgIpc) is 3.42. The lowest BCUT2D eigenvalue weighted by Crippen LogP contribution is -2.46. The number of esters is 1. The first-order valence-electron chi connectivity index (χ1n) is 14.5. The third-order valence-electron chi connectivity index (χ3n) is 9.14. The van der Waals surface area contributed by atoms with Crippen molar-refractivity contribution in [3.63, 3.8) is 0 Å². The molecule has 0 N–H and O–H groups in total. The van der Waals surface area contributed by atoms with Crippen LogP contribution in [0.1, 0.15) is 78.8 Å². The van der Waals surface area contributed by atoms with Gasteiger partial charge in [0.1, 0.15) is 18.0 Å². The molecule has 1 saturated heterocycles. The molecule has 0 unspecified atom stereocenters. The molecular weight excluding hydrogens is 532 g/mol. The quantitative estimate of drug-likeness (QED) is 0.331. The van der Waals surface area contributed by atoms with Crippen LogP contribution in [-0.4, -0.2) is 57.3 Å². The van der Waals surface area contributed by atoms with E-state index in [4.69, 9.17) is 9.47 Å². The lowest BCUT2D eigenvalue weighted by Gasteiger charge is -2.34. The van der Waals surface area contributed by atoms with Gasteiger partial charge < -0.3 is 19.2 Å². The summed E-state index contributed by atoms with van der Waals surface area (Å²) >= 11 is 0. The molecule has 1 aromatic heterocycles. The van der Waals surface area contributed by atoms with E-state index in [1.807, 2.05) is 27.7 Å². The monoisotopic (exact) mass is 571 g/mol. The highest BCUT2D eigenvalue weighted by Crippen LogP contribution is 2.50. The minimum Gasteiger partial charge on any atom is -0.471 e. The molecule has 0 spiro atoms. The van der Waals surface area contributed by atoms with Gasteiger partial charge in [-0.2, -0.15) is 8.78 Å². The van der Waals surface area contributed by atoms with Crippen molar-refractivity contribution < 1.29 is 32.6 Å². The standard InChI is InChI=1S/C31H39F2N3O5/c1-18-23(17-37)36-16-24(18)40-27-26(34-21-11-6-7-12-22(21)35-27)31(32,33)13-9-8-10-19-15-30(19,5)41-25(38)14-20(28(36)39)29(2,3)4/h6-7,11-12,17-20,23-24H,8-10,13-16H2,1-5H3/t18-,19+,20+,23+,24-,30+/m0/s1. The number of aldehydes is 1. The van der Waals surface area contributed by atoms with Crippen molar-refractivity contribution in [3.05, 3.63) is 30.0 Å². The maximum Gasteiger partial charge on any atom is 0.307 e. The Hall–Kier alpha value is -3.17. The number of halogens is 2. The summed E-state index contributed by atoms with van der Waals surface area (Å²) in [5.74, 6) is -5.59. The Morgan fingerprint density at radius 3 is 2.44 bits per heavy atom. The van der Waals surface area contributed by atoms with Crippen molar-refractivity contribution in [3.8, 4) is 5.88 Å². The summed E-state index contributed by atoms with van der Waals surface area (Å²) in [6.45, 7) is 9.22. The molecule has 1 saturated carbocycles. The van der Waals surface area contributed by atoms with Crippen LogP contribution in [0.15, 0.2) is 24.3 Å². The maximum atomic E-state index is 15.7. The number of hydrogen-bond acceptors (Lipinski definition) is 7. The molecular formula is C31H39F2N3O5. The van der Waals surface area contributed by atoms with E-state index in [1.165, 1.54) is 4.90 Å². The highest BCUT2D eigenvalue weighted by Gasteiger charge is 2.54. The SMILES string of the molecule is C[C@@H]1[C@@H]2CN(C(=O)[C@H](C(C)(C)C)CC(=O)O[C@]3(C)C[C@H]3CCCCC(F)(F)c3nc4ccccc4nc3O2)[C@@H]1C=O. The summed E-state index contributed by atoms with van der Waals surface area (Å²) in [6.07, 6.45) is 1.47. The Balaban J connectivity index is 1.54. The molecule has 5 rings (SSSR count). The summed E-state index contributed by atoms with van der Waals surface area (Å²) in [6, 6.07) is 5.92. The van der Waals surface area contributed by atoms with Gasteiger partial charge in [0.05, 0.1) is 36.0 Å². The van der Waals surface area contributed by atoms with Crippen LogP contribution in [0.4, 0.5) is 8.78 Å².